The molecule has 0 radical (unpaired) electrons. The SMILES string of the molecule is Cc1nn(C)c(C)c1C(C)Nc1cc(Br)cnc1Cl. The Kier molecular flexibility index (Phi) is 4.16. The minimum absolute atomic E-state index is 0.113. The second-order valence-corrected chi connectivity index (χ2v) is 5.84. The molecule has 0 aromatic carbocycles. The van der Waals surface area contributed by atoms with Gasteiger partial charge in [-0.1, -0.05) is 11.6 Å². The van der Waals surface area contributed by atoms with E-state index in [1.807, 2.05) is 24.7 Å². The van der Waals surface area contributed by atoms with Crippen LogP contribution in [0.1, 0.15) is 29.9 Å². The summed E-state index contributed by atoms with van der Waals surface area (Å²) < 4.78 is 2.79. The molecule has 0 aliphatic rings. The van der Waals surface area contributed by atoms with Gasteiger partial charge in [0.25, 0.3) is 0 Å². The number of hydrogen-bond donors (Lipinski definition) is 1. The van der Waals surface area contributed by atoms with Crippen molar-refractivity contribution in [1.82, 2.24) is 14.8 Å². The summed E-state index contributed by atoms with van der Waals surface area (Å²) in [5.41, 5.74) is 4.18. The summed E-state index contributed by atoms with van der Waals surface area (Å²) in [6, 6.07) is 2.04. The van der Waals surface area contributed by atoms with Crippen LogP contribution in [0.5, 0.6) is 0 Å². The lowest BCUT2D eigenvalue weighted by atomic mass is 10.1. The monoisotopic (exact) mass is 342 g/mol. The van der Waals surface area contributed by atoms with Gasteiger partial charge in [0, 0.05) is 29.0 Å². The standard InChI is InChI=1S/C13H16BrClN4/c1-7(12-8(2)18-19(4)9(12)3)17-11-5-10(14)6-16-13(11)15/h5-7,17H,1-4H3. The predicted octanol–water partition coefficient (Wildman–Crippen LogP) is 4.02. The van der Waals surface area contributed by atoms with Crippen molar-refractivity contribution in [2.75, 3.05) is 5.32 Å². The summed E-state index contributed by atoms with van der Waals surface area (Å²) in [4.78, 5) is 4.11. The molecular formula is C13H16BrClN4. The first-order valence-corrected chi connectivity index (χ1v) is 7.15. The van der Waals surface area contributed by atoms with E-state index in [9.17, 15) is 0 Å². The van der Waals surface area contributed by atoms with E-state index in [0.717, 1.165) is 21.5 Å². The van der Waals surface area contributed by atoms with Crippen LogP contribution in [-0.2, 0) is 7.05 Å². The number of rotatable bonds is 3. The molecule has 1 N–H and O–H groups in total. The van der Waals surface area contributed by atoms with Gasteiger partial charge in [0.1, 0.15) is 0 Å². The fourth-order valence-electron chi connectivity index (χ4n) is 2.25. The lowest BCUT2D eigenvalue weighted by molar-refractivity contribution is 0.728. The van der Waals surface area contributed by atoms with Crippen LogP contribution < -0.4 is 5.32 Å². The highest BCUT2D eigenvalue weighted by Crippen LogP contribution is 2.29. The maximum atomic E-state index is 6.10. The fourth-order valence-corrected chi connectivity index (χ4v) is 2.74. The van der Waals surface area contributed by atoms with Gasteiger partial charge in [-0.05, 0) is 42.8 Å². The largest absolute Gasteiger partial charge is 0.376 e. The number of nitrogens with zero attached hydrogens (tertiary/aromatic N) is 3. The number of aromatic nitrogens is 3. The smallest absolute Gasteiger partial charge is 0.152 e. The Morgan fingerprint density at radius 1 is 1.42 bits per heavy atom. The highest BCUT2D eigenvalue weighted by Gasteiger charge is 2.17. The average Bonchev–Trinajstić information content (AvgIpc) is 2.58. The van der Waals surface area contributed by atoms with Gasteiger partial charge < -0.3 is 5.32 Å². The Hall–Kier alpha value is -1.07. The van der Waals surface area contributed by atoms with Gasteiger partial charge >= 0.3 is 0 Å². The molecule has 0 saturated heterocycles. The molecule has 19 heavy (non-hydrogen) atoms. The first kappa shape index (κ1) is 14.3. The molecule has 1 atom stereocenters. The van der Waals surface area contributed by atoms with Crippen LogP contribution in [0.2, 0.25) is 5.15 Å². The summed E-state index contributed by atoms with van der Waals surface area (Å²) in [7, 11) is 1.95. The van der Waals surface area contributed by atoms with Crippen molar-refractivity contribution in [3.63, 3.8) is 0 Å². The van der Waals surface area contributed by atoms with Crippen LogP contribution in [0.25, 0.3) is 0 Å². The van der Waals surface area contributed by atoms with Crippen molar-refractivity contribution >= 4 is 33.2 Å². The number of nitrogens with one attached hydrogen (secondary N) is 1. The van der Waals surface area contributed by atoms with E-state index >= 15 is 0 Å². The van der Waals surface area contributed by atoms with Crippen LogP contribution in [0.3, 0.4) is 0 Å². The van der Waals surface area contributed by atoms with Gasteiger partial charge in [-0.2, -0.15) is 5.10 Å². The van der Waals surface area contributed by atoms with E-state index in [1.54, 1.807) is 6.20 Å². The number of anilines is 1. The van der Waals surface area contributed by atoms with Gasteiger partial charge in [0.05, 0.1) is 17.4 Å². The second-order valence-electron chi connectivity index (χ2n) is 4.57. The Morgan fingerprint density at radius 3 is 2.68 bits per heavy atom. The number of halogens is 2. The number of hydrogen-bond acceptors (Lipinski definition) is 3. The molecule has 2 aromatic heterocycles. The van der Waals surface area contributed by atoms with Gasteiger partial charge in [-0.3, -0.25) is 4.68 Å². The molecule has 2 heterocycles. The molecule has 6 heteroatoms. The lowest BCUT2D eigenvalue weighted by Crippen LogP contribution is -2.09. The van der Waals surface area contributed by atoms with E-state index in [0.29, 0.717) is 5.15 Å². The minimum atomic E-state index is 0.113. The Labute approximate surface area is 126 Å². The molecule has 0 aliphatic carbocycles. The quantitative estimate of drug-likeness (QED) is 0.856. The molecule has 0 spiro atoms. The maximum Gasteiger partial charge on any atom is 0.152 e. The maximum absolute atomic E-state index is 6.10. The van der Waals surface area contributed by atoms with Gasteiger partial charge in [0.2, 0.25) is 0 Å². The van der Waals surface area contributed by atoms with Crippen molar-refractivity contribution in [1.29, 1.82) is 0 Å². The zero-order valence-corrected chi connectivity index (χ0v) is 13.7. The topological polar surface area (TPSA) is 42.7 Å². The third-order valence-electron chi connectivity index (χ3n) is 3.18. The normalized spacial score (nSPS) is 12.5. The van der Waals surface area contributed by atoms with E-state index < -0.39 is 0 Å². The second kappa shape index (κ2) is 5.51. The lowest BCUT2D eigenvalue weighted by Gasteiger charge is -2.17. The highest BCUT2D eigenvalue weighted by atomic mass is 79.9. The van der Waals surface area contributed by atoms with E-state index in [2.05, 4.69) is 45.2 Å². The zero-order valence-electron chi connectivity index (χ0n) is 11.3. The van der Waals surface area contributed by atoms with Crippen LogP contribution in [0.15, 0.2) is 16.7 Å². The highest BCUT2D eigenvalue weighted by molar-refractivity contribution is 9.10. The van der Waals surface area contributed by atoms with Crippen molar-refractivity contribution < 1.29 is 0 Å². The van der Waals surface area contributed by atoms with Crippen LogP contribution in [-0.4, -0.2) is 14.8 Å². The Morgan fingerprint density at radius 2 is 2.11 bits per heavy atom. The molecule has 0 fully saturated rings. The third kappa shape index (κ3) is 2.92. The molecule has 2 aromatic rings. The molecular weight excluding hydrogens is 328 g/mol. The summed E-state index contributed by atoms with van der Waals surface area (Å²) in [6.45, 7) is 6.17. The molecule has 0 bridgehead atoms. The van der Waals surface area contributed by atoms with Crippen molar-refractivity contribution in [2.45, 2.75) is 26.8 Å². The zero-order chi connectivity index (χ0) is 14.2. The minimum Gasteiger partial charge on any atom is -0.376 e. The average molecular weight is 344 g/mol. The van der Waals surface area contributed by atoms with Gasteiger partial charge in [-0.15, -0.1) is 0 Å². The Balaban J connectivity index is 2.30. The number of aryl methyl sites for hydroxylation is 2. The molecule has 0 saturated carbocycles. The summed E-state index contributed by atoms with van der Waals surface area (Å²) in [5.74, 6) is 0. The van der Waals surface area contributed by atoms with E-state index in [4.69, 9.17) is 11.6 Å². The Bertz CT molecular complexity index is 609. The predicted molar refractivity (Wildman–Crippen MR) is 81.7 cm³/mol. The molecule has 2 rings (SSSR count). The molecule has 0 aliphatic heterocycles. The third-order valence-corrected chi connectivity index (χ3v) is 3.91. The van der Waals surface area contributed by atoms with Crippen molar-refractivity contribution in [3.05, 3.63) is 38.8 Å². The van der Waals surface area contributed by atoms with E-state index in [-0.39, 0.29) is 6.04 Å². The first-order valence-electron chi connectivity index (χ1n) is 5.97. The fraction of sp³-hybridized carbons (Fsp3) is 0.385. The summed E-state index contributed by atoms with van der Waals surface area (Å²) >= 11 is 9.50. The van der Waals surface area contributed by atoms with Crippen molar-refractivity contribution in [2.24, 2.45) is 7.05 Å². The molecule has 1 unspecified atom stereocenters. The van der Waals surface area contributed by atoms with E-state index in [1.165, 1.54) is 5.56 Å². The number of pyridine rings is 1. The summed E-state index contributed by atoms with van der Waals surface area (Å²) in [6.07, 6.45) is 1.68. The first-order chi connectivity index (χ1) is 8.90. The summed E-state index contributed by atoms with van der Waals surface area (Å²) in [5, 5.41) is 8.28. The molecule has 0 amide bonds. The van der Waals surface area contributed by atoms with Gasteiger partial charge in [-0.25, -0.2) is 4.98 Å². The van der Waals surface area contributed by atoms with Crippen LogP contribution in [0, 0.1) is 13.8 Å². The van der Waals surface area contributed by atoms with Gasteiger partial charge in [0.15, 0.2) is 5.15 Å². The molecule has 4 nitrogen and oxygen atoms in total. The molecule has 102 valence electrons. The van der Waals surface area contributed by atoms with Crippen LogP contribution in [0.4, 0.5) is 5.69 Å². The van der Waals surface area contributed by atoms with Crippen molar-refractivity contribution in [3.8, 4) is 0 Å². The van der Waals surface area contributed by atoms with Crippen LogP contribution >= 0.6 is 27.5 Å².